The van der Waals surface area contributed by atoms with Gasteiger partial charge in [-0.3, -0.25) is 0 Å². The van der Waals surface area contributed by atoms with E-state index in [0.717, 1.165) is 0 Å². The number of likely N-dealkylation sites (N-methyl/N-ethyl adjacent to an activating group) is 1. The normalized spacial score (nSPS) is 12.4. The summed E-state index contributed by atoms with van der Waals surface area (Å²) < 4.78 is 41.4. The van der Waals surface area contributed by atoms with Gasteiger partial charge in [-0.1, -0.05) is 18.2 Å². The highest BCUT2D eigenvalue weighted by Gasteiger charge is 2.20. The van der Waals surface area contributed by atoms with Gasteiger partial charge in [0, 0.05) is 11.6 Å². The predicted molar refractivity (Wildman–Crippen MR) is 76.0 cm³/mol. The Bertz CT molecular complexity index is 596. The minimum Gasteiger partial charge on any atom is -0.313 e. The number of hydrogen-bond acceptors (Lipinski definition) is 1. The van der Waals surface area contributed by atoms with Gasteiger partial charge in [0.15, 0.2) is 0 Å². The third-order valence-electron chi connectivity index (χ3n) is 3.15. The number of benzene rings is 2. The molecule has 5 heteroatoms. The molecule has 1 atom stereocenters. The summed E-state index contributed by atoms with van der Waals surface area (Å²) in [6.45, 7) is 0. The molecule has 0 fully saturated rings. The first-order valence-electron chi connectivity index (χ1n) is 6.08. The lowest BCUT2D eigenvalue weighted by Gasteiger charge is -2.19. The van der Waals surface area contributed by atoms with Crippen LogP contribution in [0.5, 0.6) is 0 Å². The van der Waals surface area contributed by atoms with E-state index in [1.165, 1.54) is 24.3 Å². The first kappa shape index (κ1) is 15.1. The van der Waals surface area contributed by atoms with Crippen molar-refractivity contribution in [3.05, 3.63) is 69.4 Å². The zero-order chi connectivity index (χ0) is 14.7. The van der Waals surface area contributed by atoms with Gasteiger partial charge in [-0.25, -0.2) is 13.2 Å². The third-order valence-corrected chi connectivity index (χ3v) is 4.04. The highest BCUT2D eigenvalue weighted by Crippen LogP contribution is 2.28. The Kier molecular flexibility index (Phi) is 4.83. The topological polar surface area (TPSA) is 12.0 Å². The largest absolute Gasteiger partial charge is 0.313 e. The second kappa shape index (κ2) is 6.41. The summed E-state index contributed by atoms with van der Waals surface area (Å²) in [5.41, 5.74) is 0.609. The molecule has 1 nitrogen and oxygen atoms in total. The molecule has 1 N–H and O–H groups in total. The minimum atomic E-state index is -0.614. The second-order valence-corrected chi connectivity index (χ2v) is 5.19. The lowest BCUT2D eigenvalue weighted by atomic mass is 9.98. The van der Waals surface area contributed by atoms with Crippen molar-refractivity contribution < 1.29 is 13.2 Å². The van der Waals surface area contributed by atoms with Gasteiger partial charge in [0.05, 0.1) is 4.47 Å². The van der Waals surface area contributed by atoms with Crippen LogP contribution in [0.25, 0.3) is 0 Å². The molecule has 106 valence electrons. The molecule has 0 heterocycles. The summed E-state index contributed by atoms with van der Waals surface area (Å²) in [5, 5.41) is 2.87. The molecule has 0 aliphatic heterocycles. The van der Waals surface area contributed by atoms with E-state index >= 15 is 0 Å². The molecule has 0 bridgehead atoms. The molecule has 0 aromatic heterocycles. The summed E-state index contributed by atoms with van der Waals surface area (Å²) in [6, 6.07) is 7.78. The van der Waals surface area contributed by atoms with Crippen LogP contribution in [0.15, 0.2) is 40.9 Å². The van der Waals surface area contributed by atoms with Crippen molar-refractivity contribution in [3.63, 3.8) is 0 Å². The molecule has 0 aliphatic rings. The molecule has 2 aromatic carbocycles. The van der Waals surface area contributed by atoms with E-state index in [1.807, 2.05) is 0 Å². The highest BCUT2D eigenvalue weighted by atomic mass is 79.9. The minimum absolute atomic E-state index is 0.0360. The van der Waals surface area contributed by atoms with Crippen molar-refractivity contribution in [1.29, 1.82) is 0 Å². The fraction of sp³-hybridized carbons (Fsp3) is 0.200. The van der Waals surface area contributed by atoms with Crippen LogP contribution in [0.3, 0.4) is 0 Å². The molecule has 2 rings (SSSR count). The molecule has 0 aliphatic carbocycles. The van der Waals surface area contributed by atoms with Crippen LogP contribution in [-0.2, 0) is 6.42 Å². The van der Waals surface area contributed by atoms with Crippen molar-refractivity contribution >= 4 is 15.9 Å². The van der Waals surface area contributed by atoms with Gasteiger partial charge < -0.3 is 5.32 Å². The Morgan fingerprint density at radius 2 is 1.55 bits per heavy atom. The Labute approximate surface area is 123 Å². The van der Waals surface area contributed by atoms with Crippen LogP contribution in [0.1, 0.15) is 17.2 Å². The molecule has 1 unspecified atom stereocenters. The molecule has 0 amide bonds. The molecular weight excluding hydrogens is 331 g/mol. The van der Waals surface area contributed by atoms with Crippen LogP contribution in [0.2, 0.25) is 0 Å². The molecule has 2 aromatic rings. The van der Waals surface area contributed by atoms with E-state index in [4.69, 9.17) is 0 Å². The fourth-order valence-electron chi connectivity index (χ4n) is 2.12. The Morgan fingerprint density at radius 3 is 2.15 bits per heavy atom. The maximum Gasteiger partial charge on any atom is 0.137 e. The van der Waals surface area contributed by atoms with Crippen molar-refractivity contribution in [3.8, 4) is 0 Å². The standard InChI is InChI=1S/C15H13BrF3N/c1-20-13(14-10(17)5-3-6-11(14)18)8-9-4-2-7-12(19)15(9)16/h2-7,13,20H,8H2,1H3. The van der Waals surface area contributed by atoms with E-state index < -0.39 is 23.5 Å². The Morgan fingerprint density at radius 1 is 1.00 bits per heavy atom. The molecule has 0 spiro atoms. The van der Waals surface area contributed by atoms with Gasteiger partial charge >= 0.3 is 0 Å². The second-order valence-electron chi connectivity index (χ2n) is 4.39. The van der Waals surface area contributed by atoms with E-state index in [-0.39, 0.29) is 12.0 Å². The fourth-order valence-corrected chi connectivity index (χ4v) is 2.54. The predicted octanol–water partition coefficient (Wildman–Crippen LogP) is 4.37. The van der Waals surface area contributed by atoms with Crippen LogP contribution < -0.4 is 5.32 Å². The zero-order valence-corrected chi connectivity index (χ0v) is 12.3. The summed E-state index contributed by atoms with van der Waals surface area (Å²) in [6.07, 6.45) is 0.271. The van der Waals surface area contributed by atoms with Crippen LogP contribution in [-0.4, -0.2) is 7.05 Å². The van der Waals surface area contributed by atoms with E-state index in [2.05, 4.69) is 21.2 Å². The number of rotatable bonds is 4. The third kappa shape index (κ3) is 3.04. The van der Waals surface area contributed by atoms with Gasteiger partial charge in [-0.05, 0) is 53.2 Å². The molecule has 0 radical (unpaired) electrons. The Hall–Kier alpha value is -1.33. The number of nitrogens with one attached hydrogen (secondary N) is 1. The summed E-state index contributed by atoms with van der Waals surface area (Å²) in [7, 11) is 1.61. The highest BCUT2D eigenvalue weighted by molar-refractivity contribution is 9.10. The SMILES string of the molecule is CNC(Cc1cccc(F)c1Br)c1c(F)cccc1F. The Balaban J connectivity index is 2.37. The maximum atomic E-state index is 13.8. The summed E-state index contributed by atoms with van der Waals surface area (Å²) in [4.78, 5) is 0. The summed E-state index contributed by atoms with van der Waals surface area (Å²) >= 11 is 3.16. The molecular formula is C15H13BrF3N. The number of hydrogen-bond donors (Lipinski definition) is 1. The lowest BCUT2D eigenvalue weighted by Crippen LogP contribution is -2.21. The van der Waals surface area contributed by atoms with Crippen molar-refractivity contribution in [2.45, 2.75) is 12.5 Å². The van der Waals surface area contributed by atoms with Gasteiger partial charge in [0.25, 0.3) is 0 Å². The quantitative estimate of drug-likeness (QED) is 0.869. The average molecular weight is 344 g/mol. The van der Waals surface area contributed by atoms with E-state index in [9.17, 15) is 13.2 Å². The summed E-state index contributed by atoms with van der Waals surface area (Å²) in [5.74, 6) is -1.62. The first-order valence-corrected chi connectivity index (χ1v) is 6.88. The van der Waals surface area contributed by atoms with Gasteiger partial charge in [-0.2, -0.15) is 0 Å². The van der Waals surface area contributed by atoms with Crippen molar-refractivity contribution in [1.82, 2.24) is 5.32 Å². The van der Waals surface area contributed by atoms with Crippen molar-refractivity contribution in [2.24, 2.45) is 0 Å². The first-order chi connectivity index (χ1) is 9.54. The lowest BCUT2D eigenvalue weighted by molar-refractivity contribution is 0.488. The van der Waals surface area contributed by atoms with Gasteiger partial charge in [0.2, 0.25) is 0 Å². The van der Waals surface area contributed by atoms with Gasteiger partial charge in [0.1, 0.15) is 17.5 Å². The van der Waals surface area contributed by atoms with E-state index in [1.54, 1.807) is 19.2 Å². The zero-order valence-electron chi connectivity index (χ0n) is 10.8. The van der Waals surface area contributed by atoms with Crippen molar-refractivity contribution in [2.75, 3.05) is 7.05 Å². The smallest absolute Gasteiger partial charge is 0.137 e. The van der Waals surface area contributed by atoms with Gasteiger partial charge in [-0.15, -0.1) is 0 Å². The molecule has 0 saturated heterocycles. The van der Waals surface area contributed by atoms with E-state index in [0.29, 0.717) is 10.0 Å². The monoisotopic (exact) mass is 343 g/mol. The average Bonchev–Trinajstić information content (AvgIpc) is 2.42. The van der Waals surface area contributed by atoms with Crippen LogP contribution in [0, 0.1) is 17.5 Å². The molecule has 20 heavy (non-hydrogen) atoms. The molecule has 0 saturated carbocycles. The maximum absolute atomic E-state index is 13.8. The van der Waals surface area contributed by atoms with Crippen LogP contribution in [0.4, 0.5) is 13.2 Å². The van der Waals surface area contributed by atoms with Crippen LogP contribution >= 0.6 is 15.9 Å². The number of halogens is 4.